The van der Waals surface area contributed by atoms with E-state index in [4.69, 9.17) is 23.2 Å². The van der Waals surface area contributed by atoms with Gasteiger partial charge in [0, 0.05) is 12.6 Å². The van der Waals surface area contributed by atoms with E-state index < -0.39 is 9.75 Å². The number of benzene rings is 1. The second-order valence-corrected chi connectivity index (χ2v) is 7.35. The van der Waals surface area contributed by atoms with Gasteiger partial charge in [0.05, 0.1) is 5.41 Å². The maximum Gasteiger partial charge on any atom is 0.232 e. The van der Waals surface area contributed by atoms with Crippen molar-refractivity contribution in [2.45, 2.75) is 43.1 Å². The molecule has 2 nitrogen and oxygen atoms in total. The molecule has 1 aromatic carbocycles. The molecule has 0 saturated heterocycles. The third kappa shape index (κ3) is 2.36. The Balaban J connectivity index is 1.77. The van der Waals surface area contributed by atoms with Crippen LogP contribution >= 0.6 is 23.2 Å². The lowest BCUT2D eigenvalue weighted by molar-refractivity contribution is -0.137. The van der Waals surface area contributed by atoms with Gasteiger partial charge >= 0.3 is 0 Å². The molecule has 2 saturated carbocycles. The Bertz CT molecular complexity index is 498. The van der Waals surface area contributed by atoms with Gasteiger partial charge in [0.1, 0.15) is 4.33 Å². The standard InChI is InChI=1S/C15H17Cl2NO/c1-14(10-15(14,16)17)13(19)18(12-7-8-12)9-11-5-3-2-4-6-11/h2-6,12H,7-10H2,1H3. The fourth-order valence-electron chi connectivity index (χ4n) is 2.48. The zero-order chi connectivity index (χ0) is 13.7. The maximum absolute atomic E-state index is 12.7. The van der Waals surface area contributed by atoms with Crippen molar-refractivity contribution in [1.82, 2.24) is 4.90 Å². The van der Waals surface area contributed by atoms with E-state index in [1.54, 1.807) is 0 Å². The van der Waals surface area contributed by atoms with Crippen LogP contribution in [0.15, 0.2) is 30.3 Å². The van der Waals surface area contributed by atoms with Gasteiger partial charge in [-0.05, 0) is 31.7 Å². The number of hydrogen-bond acceptors (Lipinski definition) is 1. The van der Waals surface area contributed by atoms with Crippen LogP contribution in [0.1, 0.15) is 31.7 Å². The minimum Gasteiger partial charge on any atom is -0.335 e. The van der Waals surface area contributed by atoms with Crippen molar-refractivity contribution in [3.8, 4) is 0 Å². The molecule has 1 unspecified atom stereocenters. The summed E-state index contributed by atoms with van der Waals surface area (Å²) in [5, 5.41) is 0. The molecule has 0 spiro atoms. The van der Waals surface area contributed by atoms with Crippen LogP contribution in [0.25, 0.3) is 0 Å². The fourth-order valence-corrected chi connectivity index (χ4v) is 3.18. The maximum atomic E-state index is 12.7. The van der Waals surface area contributed by atoms with Crippen molar-refractivity contribution in [2.24, 2.45) is 5.41 Å². The van der Waals surface area contributed by atoms with Crippen molar-refractivity contribution >= 4 is 29.1 Å². The lowest BCUT2D eigenvalue weighted by atomic mass is 10.1. The van der Waals surface area contributed by atoms with Crippen molar-refractivity contribution < 1.29 is 4.79 Å². The van der Waals surface area contributed by atoms with Gasteiger partial charge in [0.2, 0.25) is 5.91 Å². The van der Waals surface area contributed by atoms with E-state index in [1.165, 1.54) is 0 Å². The van der Waals surface area contributed by atoms with Crippen molar-refractivity contribution in [1.29, 1.82) is 0 Å². The molecule has 2 fully saturated rings. The number of carbonyl (C=O) groups is 1. The number of carbonyl (C=O) groups excluding carboxylic acids is 1. The predicted molar refractivity (Wildman–Crippen MR) is 77.2 cm³/mol. The van der Waals surface area contributed by atoms with E-state index in [-0.39, 0.29) is 5.91 Å². The van der Waals surface area contributed by atoms with Crippen molar-refractivity contribution in [3.05, 3.63) is 35.9 Å². The summed E-state index contributed by atoms with van der Waals surface area (Å²) < 4.78 is -0.881. The van der Waals surface area contributed by atoms with Crippen LogP contribution in [0.5, 0.6) is 0 Å². The highest BCUT2D eigenvalue weighted by atomic mass is 35.5. The van der Waals surface area contributed by atoms with Gasteiger partial charge in [0.15, 0.2) is 0 Å². The molecule has 0 radical (unpaired) electrons. The van der Waals surface area contributed by atoms with E-state index in [0.29, 0.717) is 19.0 Å². The molecule has 1 amide bonds. The summed E-state index contributed by atoms with van der Waals surface area (Å²) in [6, 6.07) is 10.4. The molecular formula is C15H17Cl2NO. The lowest BCUT2D eigenvalue weighted by Gasteiger charge is -2.26. The Morgan fingerprint density at radius 2 is 1.89 bits per heavy atom. The molecule has 0 bridgehead atoms. The highest BCUT2D eigenvalue weighted by Gasteiger charge is 2.69. The summed E-state index contributed by atoms with van der Waals surface area (Å²) in [7, 11) is 0. The van der Waals surface area contributed by atoms with E-state index in [9.17, 15) is 4.79 Å². The summed E-state index contributed by atoms with van der Waals surface area (Å²) in [6.07, 6.45) is 2.73. The van der Waals surface area contributed by atoms with Crippen LogP contribution in [0.4, 0.5) is 0 Å². The molecule has 1 atom stereocenters. The van der Waals surface area contributed by atoms with Gasteiger partial charge in [-0.15, -0.1) is 23.2 Å². The number of hydrogen-bond donors (Lipinski definition) is 0. The van der Waals surface area contributed by atoms with Crippen molar-refractivity contribution in [3.63, 3.8) is 0 Å². The van der Waals surface area contributed by atoms with Crippen LogP contribution in [0, 0.1) is 5.41 Å². The van der Waals surface area contributed by atoms with E-state index in [1.807, 2.05) is 42.2 Å². The number of halogens is 2. The first kappa shape index (κ1) is 13.3. The highest BCUT2D eigenvalue weighted by Crippen LogP contribution is 2.65. The second kappa shape index (κ2) is 4.39. The number of rotatable bonds is 4. The number of amides is 1. The Kier molecular flexibility index (Phi) is 3.06. The molecule has 0 aliphatic heterocycles. The van der Waals surface area contributed by atoms with Gasteiger partial charge in [0.25, 0.3) is 0 Å². The molecule has 2 aliphatic carbocycles. The first-order valence-electron chi connectivity index (χ1n) is 6.67. The molecule has 2 aliphatic rings. The summed E-state index contributed by atoms with van der Waals surface area (Å²) >= 11 is 12.3. The molecule has 0 heterocycles. The van der Waals surface area contributed by atoms with E-state index >= 15 is 0 Å². The molecule has 0 aromatic heterocycles. The van der Waals surface area contributed by atoms with Crippen LogP contribution in [-0.2, 0) is 11.3 Å². The average molecular weight is 298 g/mol. The van der Waals surface area contributed by atoms with Crippen LogP contribution in [0.2, 0.25) is 0 Å². The minimum absolute atomic E-state index is 0.101. The monoisotopic (exact) mass is 297 g/mol. The van der Waals surface area contributed by atoms with Crippen LogP contribution in [-0.4, -0.2) is 21.2 Å². The Morgan fingerprint density at radius 3 is 2.37 bits per heavy atom. The molecule has 0 N–H and O–H groups in total. The van der Waals surface area contributed by atoms with Crippen LogP contribution < -0.4 is 0 Å². The SMILES string of the molecule is CC1(C(=O)N(Cc2ccccc2)C2CC2)CC1(Cl)Cl. The first-order valence-corrected chi connectivity index (χ1v) is 7.42. The third-order valence-electron chi connectivity index (χ3n) is 4.17. The molecular weight excluding hydrogens is 281 g/mol. The average Bonchev–Trinajstić information content (AvgIpc) is 3.26. The highest BCUT2D eigenvalue weighted by molar-refractivity contribution is 6.53. The molecule has 19 heavy (non-hydrogen) atoms. The predicted octanol–water partition coefficient (Wildman–Crippen LogP) is 3.76. The quantitative estimate of drug-likeness (QED) is 0.775. The smallest absolute Gasteiger partial charge is 0.232 e. The zero-order valence-electron chi connectivity index (χ0n) is 10.9. The lowest BCUT2D eigenvalue weighted by Crippen LogP contribution is -2.39. The van der Waals surface area contributed by atoms with E-state index in [2.05, 4.69) is 0 Å². The van der Waals surface area contributed by atoms with Gasteiger partial charge < -0.3 is 4.90 Å². The molecule has 3 rings (SSSR count). The first-order chi connectivity index (χ1) is 8.94. The van der Waals surface area contributed by atoms with Gasteiger partial charge in [-0.2, -0.15) is 0 Å². The Morgan fingerprint density at radius 1 is 1.32 bits per heavy atom. The zero-order valence-corrected chi connectivity index (χ0v) is 12.4. The van der Waals surface area contributed by atoms with Gasteiger partial charge in [-0.1, -0.05) is 30.3 Å². The Hall–Kier alpha value is -0.730. The largest absolute Gasteiger partial charge is 0.335 e. The third-order valence-corrected chi connectivity index (χ3v) is 5.28. The molecule has 4 heteroatoms. The van der Waals surface area contributed by atoms with Gasteiger partial charge in [-0.3, -0.25) is 4.79 Å². The van der Waals surface area contributed by atoms with Crippen LogP contribution in [0.3, 0.4) is 0 Å². The fraction of sp³-hybridized carbons (Fsp3) is 0.533. The number of alkyl halides is 2. The minimum atomic E-state index is -0.881. The number of nitrogens with zero attached hydrogens (tertiary/aromatic N) is 1. The summed E-state index contributed by atoms with van der Waals surface area (Å²) in [4.78, 5) is 14.6. The second-order valence-electron chi connectivity index (χ2n) is 5.86. The molecule has 1 aromatic rings. The Labute approximate surface area is 123 Å². The van der Waals surface area contributed by atoms with Gasteiger partial charge in [-0.25, -0.2) is 0 Å². The summed E-state index contributed by atoms with van der Waals surface area (Å²) in [6.45, 7) is 2.53. The summed E-state index contributed by atoms with van der Waals surface area (Å²) in [5.41, 5.74) is 0.551. The summed E-state index contributed by atoms with van der Waals surface area (Å²) in [5.74, 6) is 0.101. The molecule has 102 valence electrons. The van der Waals surface area contributed by atoms with Crippen molar-refractivity contribution in [2.75, 3.05) is 0 Å². The topological polar surface area (TPSA) is 20.3 Å². The normalized spacial score (nSPS) is 27.9. The van der Waals surface area contributed by atoms with E-state index in [0.717, 1.165) is 18.4 Å².